The maximum atomic E-state index is 14.8. The zero-order valence-electron chi connectivity index (χ0n) is 15.7. The van der Waals surface area contributed by atoms with Gasteiger partial charge >= 0.3 is 5.97 Å². The van der Waals surface area contributed by atoms with E-state index < -0.39 is 11.8 Å². The van der Waals surface area contributed by atoms with Crippen molar-refractivity contribution >= 4 is 11.5 Å². The lowest BCUT2D eigenvalue weighted by molar-refractivity contribution is 0.0696. The second kappa shape index (κ2) is 7.43. The highest BCUT2D eigenvalue weighted by Crippen LogP contribution is 2.47. The number of hydrogen-bond donors (Lipinski definition) is 1. The smallest absolute Gasteiger partial charge is 0.335 e. The van der Waals surface area contributed by atoms with Crippen molar-refractivity contribution in [3.05, 3.63) is 65.0 Å². The van der Waals surface area contributed by atoms with Crippen molar-refractivity contribution in [3.63, 3.8) is 0 Å². The summed E-state index contributed by atoms with van der Waals surface area (Å²) in [5.74, 6) is -0.999. The molecule has 2 aromatic carbocycles. The molecule has 0 atom stereocenters. The van der Waals surface area contributed by atoms with E-state index >= 15 is 0 Å². The zero-order valence-corrected chi connectivity index (χ0v) is 15.7. The molecular weight excluding hydrogens is 347 g/mol. The number of hydrogen-bond acceptors (Lipinski definition) is 3. The van der Waals surface area contributed by atoms with Crippen LogP contribution in [0.2, 0.25) is 0 Å². The Labute approximate surface area is 158 Å². The predicted molar refractivity (Wildman–Crippen MR) is 102 cm³/mol. The number of carboxylic acid groups (broad SMARTS) is 1. The van der Waals surface area contributed by atoms with Gasteiger partial charge in [-0.15, -0.1) is 0 Å². The lowest BCUT2D eigenvalue weighted by atomic mass is 9.81. The summed E-state index contributed by atoms with van der Waals surface area (Å²) in [6, 6.07) is 9.84. The predicted octanol–water partition coefficient (Wildman–Crippen LogP) is 5.31. The number of halogens is 1. The fourth-order valence-corrected chi connectivity index (χ4v) is 3.40. The third-order valence-electron chi connectivity index (χ3n) is 4.97. The first kappa shape index (κ1) is 19.0. The molecule has 0 spiro atoms. The van der Waals surface area contributed by atoms with Crippen molar-refractivity contribution in [1.29, 1.82) is 0 Å². The van der Waals surface area contributed by atoms with Gasteiger partial charge in [-0.3, -0.25) is 0 Å². The molecular formula is C22H23FO4. The monoisotopic (exact) mass is 370 g/mol. The molecule has 5 heteroatoms. The van der Waals surface area contributed by atoms with Gasteiger partial charge in [0.1, 0.15) is 12.4 Å². The molecule has 0 fully saturated rings. The molecule has 2 aromatic rings. The molecule has 0 aliphatic heterocycles. The van der Waals surface area contributed by atoms with E-state index in [9.17, 15) is 14.3 Å². The number of rotatable bonds is 6. The minimum absolute atomic E-state index is 0.0807. The van der Waals surface area contributed by atoms with Crippen LogP contribution in [0.4, 0.5) is 4.39 Å². The van der Waals surface area contributed by atoms with E-state index in [2.05, 4.69) is 13.8 Å². The second-order valence-corrected chi connectivity index (χ2v) is 7.32. The van der Waals surface area contributed by atoms with Crippen LogP contribution in [0.5, 0.6) is 11.5 Å². The molecule has 1 N–H and O–H groups in total. The van der Waals surface area contributed by atoms with Crippen molar-refractivity contribution in [1.82, 2.24) is 0 Å². The summed E-state index contributed by atoms with van der Waals surface area (Å²) >= 11 is 0. The SMILES string of the molecule is COc1ccc(COc2c(F)cc(C(=O)O)cc2C2=CCCC2(C)C)cc1. The largest absolute Gasteiger partial charge is 0.497 e. The van der Waals surface area contributed by atoms with Crippen LogP contribution in [0.15, 0.2) is 42.5 Å². The maximum absolute atomic E-state index is 14.8. The summed E-state index contributed by atoms with van der Waals surface area (Å²) in [7, 11) is 1.59. The second-order valence-electron chi connectivity index (χ2n) is 7.32. The zero-order chi connectivity index (χ0) is 19.6. The summed E-state index contributed by atoms with van der Waals surface area (Å²) in [6.07, 6.45) is 3.85. The van der Waals surface area contributed by atoms with Gasteiger partial charge in [0.2, 0.25) is 0 Å². The van der Waals surface area contributed by atoms with Gasteiger partial charge in [0.05, 0.1) is 12.7 Å². The van der Waals surface area contributed by atoms with E-state index in [1.54, 1.807) is 7.11 Å². The fraction of sp³-hybridized carbons (Fsp3) is 0.318. The quantitative estimate of drug-likeness (QED) is 0.748. The fourth-order valence-electron chi connectivity index (χ4n) is 3.40. The van der Waals surface area contributed by atoms with Crippen LogP contribution >= 0.6 is 0 Å². The highest BCUT2D eigenvalue weighted by molar-refractivity contribution is 5.90. The van der Waals surface area contributed by atoms with Crippen molar-refractivity contribution in [2.24, 2.45) is 5.41 Å². The molecule has 0 heterocycles. The molecule has 0 amide bonds. The number of aromatic carboxylic acids is 1. The Morgan fingerprint density at radius 2 is 1.93 bits per heavy atom. The molecule has 0 aromatic heterocycles. The van der Waals surface area contributed by atoms with Crippen molar-refractivity contribution < 1.29 is 23.8 Å². The van der Waals surface area contributed by atoms with E-state index in [1.165, 1.54) is 6.07 Å². The van der Waals surface area contributed by atoms with Gasteiger partial charge in [-0.2, -0.15) is 0 Å². The summed E-state index contributed by atoms with van der Waals surface area (Å²) in [6.45, 7) is 4.32. The number of carboxylic acids is 1. The van der Waals surface area contributed by atoms with Crippen molar-refractivity contribution in [3.8, 4) is 11.5 Å². The highest BCUT2D eigenvalue weighted by atomic mass is 19.1. The Bertz CT molecular complexity index is 882. The van der Waals surface area contributed by atoms with Crippen LogP contribution in [-0.2, 0) is 6.61 Å². The molecule has 0 radical (unpaired) electrons. The Kier molecular flexibility index (Phi) is 5.22. The van der Waals surface area contributed by atoms with Gasteiger partial charge in [-0.05, 0) is 53.7 Å². The molecule has 0 saturated heterocycles. The summed E-state index contributed by atoms with van der Waals surface area (Å²) in [5, 5.41) is 9.32. The van der Waals surface area contributed by atoms with E-state index in [1.807, 2.05) is 30.3 Å². The van der Waals surface area contributed by atoms with E-state index in [0.29, 0.717) is 5.56 Å². The minimum Gasteiger partial charge on any atom is -0.497 e. The Morgan fingerprint density at radius 1 is 1.22 bits per heavy atom. The lowest BCUT2D eigenvalue weighted by Crippen LogP contribution is -2.12. The lowest BCUT2D eigenvalue weighted by Gasteiger charge is -2.25. The molecule has 27 heavy (non-hydrogen) atoms. The highest BCUT2D eigenvalue weighted by Gasteiger charge is 2.31. The van der Waals surface area contributed by atoms with Crippen LogP contribution < -0.4 is 9.47 Å². The average Bonchev–Trinajstić information content (AvgIpc) is 2.99. The van der Waals surface area contributed by atoms with Gasteiger partial charge in [0.25, 0.3) is 0 Å². The first-order chi connectivity index (χ1) is 12.8. The summed E-state index contributed by atoms with van der Waals surface area (Å²) in [5.41, 5.74) is 2.06. The molecule has 1 aliphatic rings. The number of allylic oxidation sites excluding steroid dienone is 2. The van der Waals surface area contributed by atoms with Crippen LogP contribution in [0.3, 0.4) is 0 Å². The standard InChI is InChI=1S/C22H23FO4/c1-22(2)10-4-5-18(22)17-11-15(21(24)25)12-19(23)20(17)27-13-14-6-8-16(26-3)9-7-14/h5-9,11-12H,4,10,13H2,1-3H3,(H,24,25). The van der Waals surface area contributed by atoms with E-state index in [-0.39, 0.29) is 23.3 Å². The van der Waals surface area contributed by atoms with Gasteiger partial charge in [-0.25, -0.2) is 9.18 Å². The van der Waals surface area contributed by atoms with E-state index in [4.69, 9.17) is 9.47 Å². The first-order valence-corrected chi connectivity index (χ1v) is 8.85. The normalized spacial score (nSPS) is 15.3. The van der Waals surface area contributed by atoms with Gasteiger partial charge in [0.15, 0.2) is 11.6 Å². The number of ether oxygens (including phenoxy) is 2. The van der Waals surface area contributed by atoms with Crippen LogP contribution in [-0.4, -0.2) is 18.2 Å². The van der Waals surface area contributed by atoms with Crippen LogP contribution in [0.25, 0.3) is 5.57 Å². The summed E-state index contributed by atoms with van der Waals surface area (Å²) in [4.78, 5) is 11.4. The van der Waals surface area contributed by atoms with Gasteiger partial charge in [-0.1, -0.05) is 32.1 Å². The van der Waals surface area contributed by atoms with E-state index in [0.717, 1.165) is 35.8 Å². The molecule has 142 valence electrons. The Balaban J connectivity index is 1.96. The Morgan fingerprint density at radius 3 is 2.48 bits per heavy atom. The average molecular weight is 370 g/mol. The molecule has 0 unspecified atom stereocenters. The molecule has 3 rings (SSSR count). The first-order valence-electron chi connectivity index (χ1n) is 8.85. The van der Waals surface area contributed by atoms with Gasteiger partial charge < -0.3 is 14.6 Å². The van der Waals surface area contributed by atoms with Gasteiger partial charge in [0, 0.05) is 5.56 Å². The van der Waals surface area contributed by atoms with Crippen molar-refractivity contribution in [2.75, 3.05) is 7.11 Å². The topological polar surface area (TPSA) is 55.8 Å². The van der Waals surface area contributed by atoms with Crippen LogP contribution in [0, 0.1) is 11.2 Å². The summed E-state index contributed by atoms with van der Waals surface area (Å²) < 4.78 is 25.7. The molecule has 0 saturated carbocycles. The molecule has 1 aliphatic carbocycles. The third kappa shape index (κ3) is 3.97. The number of carbonyl (C=O) groups is 1. The Hall–Kier alpha value is -2.82. The number of methoxy groups -OCH3 is 1. The number of benzene rings is 2. The molecule has 0 bridgehead atoms. The third-order valence-corrected chi connectivity index (χ3v) is 4.97. The minimum atomic E-state index is -1.16. The maximum Gasteiger partial charge on any atom is 0.335 e. The molecule has 4 nitrogen and oxygen atoms in total. The van der Waals surface area contributed by atoms with Crippen LogP contribution in [0.1, 0.15) is 48.2 Å². The van der Waals surface area contributed by atoms with Crippen molar-refractivity contribution in [2.45, 2.75) is 33.3 Å².